The molecule has 0 bridgehead atoms. The van der Waals surface area contributed by atoms with Gasteiger partial charge < -0.3 is 4.74 Å². The van der Waals surface area contributed by atoms with Crippen molar-refractivity contribution in [2.24, 2.45) is 0 Å². The van der Waals surface area contributed by atoms with Gasteiger partial charge in [-0.05, 0) is 11.5 Å². The SMILES string of the molecule is CC(=O)OC1=C(c2ccccc2)C=CCC#C1. The molecule has 0 fully saturated rings. The first-order valence-corrected chi connectivity index (χ1v) is 5.41. The Bertz CT molecular complexity index is 539. The Morgan fingerprint density at radius 2 is 2.06 bits per heavy atom. The van der Waals surface area contributed by atoms with Gasteiger partial charge in [0.05, 0.1) is 0 Å². The maximum Gasteiger partial charge on any atom is 0.308 e. The number of ether oxygens (including phenoxy) is 1. The second-order valence-electron chi connectivity index (χ2n) is 3.61. The fourth-order valence-corrected chi connectivity index (χ4v) is 1.58. The van der Waals surface area contributed by atoms with Gasteiger partial charge in [-0.1, -0.05) is 48.4 Å². The summed E-state index contributed by atoms with van der Waals surface area (Å²) in [6.07, 6.45) is 4.56. The van der Waals surface area contributed by atoms with Gasteiger partial charge in [-0.2, -0.15) is 0 Å². The topological polar surface area (TPSA) is 26.3 Å². The molecule has 1 aliphatic carbocycles. The van der Waals surface area contributed by atoms with Crippen molar-refractivity contribution < 1.29 is 9.53 Å². The quantitative estimate of drug-likeness (QED) is 0.570. The first kappa shape index (κ1) is 11.2. The number of carbonyl (C=O) groups excluding carboxylic acids is 1. The molecule has 0 atom stereocenters. The minimum absolute atomic E-state index is 0.349. The summed E-state index contributed by atoms with van der Waals surface area (Å²) in [5, 5.41) is 0. The Kier molecular flexibility index (Phi) is 3.42. The predicted octanol–water partition coefficient (Wildman–Crippen LogP) is 2.92. The van der Waals surface area contributed by atoms with E-state index >= 15 is 0 Å². The maximum atomic E-state index is 11.1. The minimum Gasteiger partial charge on any atom is -0.417 e. The molecular formula is C15H12O2. The molecule has 1 aromatic rings. The fourth-order valence-electron chi connectivity index (χ4n) is 1.58. The van der Waals surface area contributed by atoms with Crippen molar-refractivity contribution in [2.45, 2.75) is 13.3 Å². The Morgan fingerprint density at radius 1 is 1.29 bits per heavy atom. The predicted molar refractivity (Wildman–Crippen MR) is 66.7 cm³/mol. The van der Waals surface area contributed by atoms with Crippen LogP contribution in [0.1, 0.15) is 18.9 Å². The third kappa shape index (κ3) is 2.85. The summed E-state index contributed by atoms with van der Waals surface area (Å²) in [6, 6.07) is 9.77. The lowest BCUT2D eigenvalue weighted by Crippen LogP contribution is -1.99. The van der Waals surface area contributed by atoms with Gasteiger partial charge >= 0.3 is 5.97 Å². The molecule has 2 heteroatoms. The normalized spacial score (nSPS) is 13.7. The van der Waals surface area contributed by atoms with E-state index in [4.69, 9.17) is 4.74 Å². The van der Waals surface area contributed by atoms with E-state index in [0.29, 0.717) is 12.2 Å². The van der Waals surface area contributed by atoms with Crippen LogP contribution in [0.5, 0.6) is 0 Å². The third-order valence-corrected chi connectivity index (χ3v) is 2.28. The summed E-state index contributed by atoms with van der Waals surface area (Å²) < 4.78 is 5.15. The van der Waals surface area contributed by atoms with Crippen LogP contribution in [0.4, 0.5) is 0 Å². The lowest BCUT2D eigenvalue weighted by molar-refractivity contribution is -0.136. The van der Waals surface area contributed by atoms with Crippen molar-refractivity contribution in [3.05, 3.63) is 53.8 Å². The van der Waals surface area contributed by atoms with Crippen LogP contribution >= 0.6 is 0 Å². The van der Waals surface area contributed by atoms with Crippen molar-refractivity contribution in [1.29, 1.82) is 0 Å². The largest absolute Gasteiger partial charge is 0.417 e. The molecule has 0 aromatic heterocycles. The molecule has 17 heavy (non-hydrogen) atoms. The van der Waals surface area contributed by atoms with E-state index in [0.717, 1.165) is 11.1 Å². The molecule has 2 nitrogen and oxygen atoms in total. The first-order valence-electron chi connectivity index (χ1n) is 5.41. The van der Waals surface area contributed by atoms with Crippen molar-refractivity contribution in [1.82, 2.24) is 0 Å². The van der Waals surface area contributed by atoms with Crippen LogP contribution in [0.2, 0.25) is 0 Å². The number of hydrogen-bond acceptors (Lipinski definition) is 2. The van der Waals surface area contributed by atoms with Gasteiger partial charge in [0.25, 0.3) is 0 Å². The molecular weight excluding hydrogens is 212 g/mol. The van der Waals surface area contributed by atoms with E-state index in [9.17, 15) is 4.79 Å². The molecule has 0 saturated carbocycles. The van der Waals surface area contributed by atoms with E-state index < -0.39 is 0 Å². The number of allylic oxidation sites excluding steroid dienone is 4. The highest BCUT2D eigenvalue weighted by Gasteiger charge is 2.09. The van der Waals surface area contributed by atoms with Crippen LogP contribution in [-0.2, 0) is 9.53 Å². The summed E-state index contributed by atoms with van der Waals surface area (Å²) in [5.74, 6) is 5.90. The van der Waals surface area contributed by atoms with Gasteiger partial charge in [0, 0.05) is 18.9 Å². The molecule has 0 heterocycles. The summed E-state index contributed by atoms with van der Waals surface area (Å²) in [7, 11) is 0. The van der Waals surface area contributed by atoms with Gasteiger partial charge in [0.15, 0.2) is 5.76 Å². The molecule has 0 N–H and O–H groups in total. The average molecular weight is 224 g/mol. The lowest BCUT2D eigenvalue weighted by atomic mass is 10.0. The Balaban J connectivity index is 2.48. The number of benzene rings is 1. The van der Waals surface area contributed by atoms with Crippen LogP contribution in [0.25, 0.3) is 5.57 Å². The number of rotatable bonds is 2. The van der Waals surface area contributed by atoms with Crippen LogP contribution in [-0.4, -0.2) is 5.97 Å². The average Bonchev–Trinajstić information content (AvgIpc) is 2.55. The van der Waals surface area contributed by atoms with Crippen LogP contribution in [0.15, 0.2) is 48.2 Å². The van der Waals surface area contributed by atoms with Gasteiger partial charge in [-0.15, -0.1) is 0 Å². The second-order valence-corrected chi connectivity index (χ2v) is 3.61. The Labute approximate surface area is 101 Å². The van der Waals surface area contributed by atoms with Crippen molar-refractivity contribution in [2.75, 3.05) is 0 Å². The summed E-state index contributed by atoms with van der Waals surface area (Å²) in [5.41, 5.74) is 1.85. The monoisotopic (exact) mass is 224 g/mol. The van der Waals surface area contributed by atoms with Crippen LogP contribution < -0.4 is 0 Å². The molecule has 0 amide bonds. The number of carbonyl (C=O) groups is 1. The molecule has 0 unspecified atom stereocenters. The van der Waals surface area contributed by atoms with Gasteiger partial charge in [-0.3, -0.25) is 4.79 Å². The zero-order valence-corrected chi connectivity index (χ0v) is 9.57. The third-order valence-electron chi connectivity index (χ3n) is 2.28. The lowest BCUT2D eigenvalue weighted by Gasteiger charge is -2.06. The zero-order chi connectivity index (χ0) is 12.1. The van der Waals surface area contributed by atoms with E-state index in [1.165, 1.54) is 6.92 Å². The molecule has 84 valence electrons. The highest BCUT2D eigenvalue weighted by atomic mass is 16.5. The van der Waals surface area contributed by atoms with Crippen molar-refractivity contribution in [3.8, 4) is 11.8 Å². The molecule has 0 saturated heterocycles. The Morgan fingerprint density at radius 3 is 2.76 bits per heavy atom. The van der Waals surface area contributed by atoms with Crippen molar-refractivity contribution in [3.63, 3.8) is 0 Å². The maximum absolute atomic E-state index is 11.1. The standard InChI is InChI=1S/C15H12O2/c1-12(16)17-15-11-7-3-6-10-14(15)13-8-4-2-5-9-13/h2,4-6,8-10H,3H2,1H3. The Hall–Kier alpha value is -2.27. The van der Waals surface area contributed by atoms with Crippen molar-refractivity contribution >= 4 is 11.5 Å². The van der Waals surface area contributed by atoms with Gasteiger partial charge in [0.2, 0.25) is 0 Å². The van der Waals surface area contributed by atoms with Crippen LogP contribution in [0, 0.1) is 11.8 Å². The molecule has 1 aliphatic rings. The highest BCUT2D eigenvalue weighted by Crippen LogP contribution is 2.22. The molecule has 0 spiro atoms. The van der Waals surface area contributed by atoms with Gasteiger partial charge in [-0.25, -0.2) is 0 Å². The van der Waals surface area contributed by atoms with E-state index in [1.54, 1.807) is 0 Å². The van der Waals surface area contributed by atoms with E-state index in [-0.39, 0.29) is 5.97 Å². The zero-order valence-electron chi connectivity index (χ0n) is 9.57. The summed E-state index contributed by atoms with van der Waals surface area (Å²) in [6.45, 7) is 1.38. The second kappa shape index (κ2) is 5.18. The summed E-state index contributed by atoms with van der Waals surface area (Å²) in [4.78, 5) is 11.1. The van der Waals surface area contributed by atoms with E-state index in [2.05, 4.69) is 11.8 Å². The van der Waals surface area contributed by atoms with Crippen LogP contribution in [0.3, 0.4) is 0 Å². The highest BCUT2D eigenvalue weighted by molar-refractivity contribution is 5.81. The first-order chi connectivity index (χ1) is 8.27. The number of esters is 1. The smallest absolute Gasteiger partial charge is 0.308 e. The molecule has 2 rings (SSSR count). The molecule has 0 aliphatic heterocycles. The summed E-state index contributed by atoms with van der Waals surface area (Å²) >= 11 is 0. The minimum atomic E-state index is -0.349. The number of hydrogen-bond donors (Lipinski definition) is 0. The molecule has 0 radical (unpaired) electrons. The molecule has 1 aromatic carbocycles. The van der Waals surface area contributed by atoms with Gasteiger partial charge in [0.1, 0.15) is 0 Å². The van der Waals surface area contributed by atoms with E-state index in [1.807, 2.05) is 42.5 Å². The fraction of sp³-hybridized carbons (Fsp3) is 0.133.